The second-order valence-electron chi connectivity index (χ2n) is 6.05. The number of rotatable bonds is 4. The Morgan fingerprint density at radius 1 is 1.15 bits per heavy atom. The predicted octanol–water partition coefficient (Wildman–Crippen LogP) is 4.72. The molecule has 2 aromatic rings. The summed E-state index contributed by atoms with van der Waals surface area (Å²) >= 11 is 5.88. The first-order valence-corrected chi connectivity index (χ1v) is 8.47. The molecule has 0 saturated heterocycles. The lowest BCUT2D eigenvalue weighted by molar-refractivity contribution is -0.116. The summed E-state index contributed by atoms with van der Waals surface area (Å²) in [6.45, 7) is 0. The number of hydrogen-bond acceptors (Lipinski definition) is 5. The van der Waals surface area contributed by atoms with E-state index >= 15 is 0 Å². The maximum Gasteiger partial charge on any atom is 0.168 e. The van der Waals surface area contributed by atoms with Crippen molar-refractivity contribution < 1.29 is 19.7 Å². The molecule has 0 aliphatic heterocycles. The molecule has 0 spiro atoms. The number of benzene rings is 2. The number of hydrogen-bond donors (Lipinski definition) is 2. The Morgan fingerprint density at radius 3 is 2.54 bits per heavy atom. The molecule has 2 aromatic carbocycles. The number of halogens is 1. The second kappa shape index (κ2) is 7.62. The zero-order valence-corrected chi connectivity index (χ0v) is 14.9. The number of ether oxygens (including phenoxy) is 1. The number of Topliss-reactive ketones (excluding diaryl/α,β-unsaturated/α-hetero) is 1. The summed E-state index contributed by atoms with van der Waals surface area (Å²) in [4.78, 5) is 16.6. The number of aliphatic hydroxyl groups is 1. The highest BCUT2D eigenvalue weighted by Crippen LogP contribution is 2.34. The molecule has 26 heavy (non-hydrogen) atoms. The molecule has 0 amide bonds. The lowest BCUT2D eigenvalue weighted by atomic mass is 9.83. The fraction of sp³-hybridized carbons (Fsp3) is 0.200. The van der Waals surface area contributed by atoms with Crippen molar-refractivity contribution in [3.8, 4) is 11.5 Å². The van der Waals surface area contributed by atoms with Crippen LogP contribution in [0.4, 0.5) is 5.69 Å². The summed E-state index contributed by atoms with van der Waals surface area (Å²) in [7, 11) is 1.59. The molecular formula is C20H18ClNO4. The van der Waals surface area contributed by atoms with E-state index in [-0.39, 0.29) is 40.9 Å². The second-order valence-corrected chi connectivity index (χ2v) is 6.49. The van der Waals surface area contributed by atoms with Crippen LogP contribution in [0.1, 0.15) is 24.3 Å². The number of allylic oxidation sites excluding steroid dienone is 2. The molecule has 0 radical (unpaired) electrons. The summed E-state index contributed by atoms with van der Waals surface area (Å²) in [5.41, 5.74) is 1.37. The number of phenols is 1. The number of ketones is 1. The minimum absolute atomic E-state index is 0.00710. The molecule has 0 saturated carbocycles. The van der Waals surface area contributed by atoms with E-state index in [1.54, 1.807) is 7.11 Å². The highest BCUT2D eigenvalue weighted by atomic mass is 35.5. The van der Waals surface area contributed by atoms with Gasteiger partial charge in [0, 0.05) is 24.1 Å². The number of aliphatic hydroxyl groups excluding tert-OH is 1. The van der Waals surface area contributed by atoms with Gasteiger partial charge in [0.1, 0.15) is 22.9 Å². The van der Waals surface area contributed by atoms with Gasteiger partial charge >= 0.3 is 0 Å². The fourth-order valence-electron chi connectivity index (χ4n) is 2.90. The van der Waals surface area contributed by atoms with E-state index in [1.807, 2.05) is 24.3 Å². The highest BCUT2D eigenvalue weighted by Gasteiger charge is 2.27. The van der Waals surface area contributed by atoms with E-state index in [9.17, 15) is 15.0 Å². The number of carbonyl (C=O) groups excluding carboxylic acids is 1. The number of aliphatic imine (C=N–C) groups is 1. The van der Waals surface area contributed by atoms with Crippen LogP contribution in [0.15, 0.2) is 58.8 Å². The van der Waals surface area contributed by atoms with Crippen molar-refractivity contribution in [2.24, 2.45) is 4.99 Å². The van der Waals surface area contributed by atoms with E-state index < -0.39 is 0 Å². The van der Waals surface area contributed by atoms with Crippen LogP contribution < -0.4 is 4.74 Å². The molecule has 134 valence electrons. The summed E-state index contributed by atoms with van der Waals surface area (Å²) in [5, 5.41) is 20.5. The van der Waals surface area contributed by atoms with Crippen molar-refractivity contribution in [3.05, 3.63) is 64.4 Å². The number of methoxy groups -OCH3 is 1. The van der Waals surface area contributed by atoms with Gasteiger partial charge in [0.25, 0.3) is 0 Å². The van der Waals surface area contributed by atoms with Gasteiger partial charge in [0.15, 0.2) is 5.78 Å². The molecule has 1 aliphatic rings. The first-order valence-electron chi connectivity index (χ1n) is 8.09. The van der Waals surface area contributed by atoms with Gasteiger partial charge in [-0.15, -0.1) is 0 Å². The third-order valence-electron chi connectivity index (χ3n) is 4.34. The van der Waals surface area contributed by atoms with E-state index in [4.69, 9.17) is 16.3 Å². The Kier molecular flexibility index (Phi) is 5.28. The number of aromatic hydroxyl groups is 1. The van der Waals surface area contributed by atoms with Crippen molar-refractivity contribution in [1.82, 2.24) is 0 Å². The quantitative estimate of drug-likeness (QED) is 0.762. The Balaban J connectivity index is 1.81. The molecule has 3 rings (SSSR count). The van der Waals surface area contributed by atoms with Crippen molar-refractivity contribution in [3.63, 3.8) is 0 Å². The van der Waals surface area contributed by atoms with Gasteiger partial charge in [-0.3, -0.25) is 9.79 Å². The van der Waals surface area contributed by atoms with Gasteiger partial charge < -0.3 is 14.9 Å². The normalized spacial score (nSPS) is 17.8. The van der Waals surface area contributed by atoms with Crippen molar-refractivity contribution in [1.29, 1.82) is 0 Å². The molecule has 5 nitrogen and oxygen atoms in total. The average molecular weight is 372 g/mol. The number of nitrogens with zero attached hydrogens (tertiary/aromatic N) is 1. The summed E-state index contributed by atoms with van der Waals surface area (Å²) in [6.07, 6.45) is 1.91. The van der Waals surface area contributed by atoms with Crippen LogP contribution in [0.25, 0.3) is 0 Å². The molecule has 6 heteroatoms. The van der Waals surface area contributed by atoms with Crippen LogP contribution in [-0.2, 0) is 4.79 Å². The molecule has 1 unspecified atom stereocenters. The molecule has 0 heterocycles. The smallest absolute Gasteiger partial charge is 0.168 e. The Labute approximate surface area is 156 Å². The molecule has 0 bridgehead atoms. The molecular weight excluding hydrogens is 354 g/mol. The fourth-order valence-corrected chi connectivity index (χ4v) is 3.07. The first-order chi connectivity index (χ1) is 12.5. The first kappa shape index (κ1) is 18.0. The third kappa shape index (κ3) is 3.89. The molecule has 0 aromatic heterocycles. The lowest BCUT2D eigenvalue weighted by Crippen LogP contribution is -2.19. The van der Waals surface area contributed by atoms with Crippen LogP contribution >= 0.6 is 11.6 Å². The minimum Gasteiger partial charge on any atom is -0.511 e. The largest absolute Gasteiger partial charge is 0.511 e. The van der Waals surface area contributed by atoms with Gasteiger partial charge in [-0.2, -0.15) is 0 Å². The SMILES string of the molecule is COc1ccc(C2CC(=O)C(C=Nc3cc(Cl)ccc3O)=C(O)C2)cc1. The predicted molar refractivity (Wildman–Crippen MR) is 101 cm³/mol. The molecule has 0 fully saturated rings. The van der Waals surface area contributed by atoms with Crippen molar-refractivity contribution in [2.75, 3.05) is 7.11 Å². The van der Waals surface area contributed by atoms with Crippen LogP contribution in [-0.4, -0.2) is 29.3 Å². The van der Waals surface area contributed by atoms with Crippen LogP contribution in [0, 0.1) is 0 Å². The minimum atomic E-state index is -0.195. The van der Waals surface area contributed by atoms with E-state index in [2.05, 4.69) is 4.99 Å². The summed E-state index contributed by atoms with van der Waals surface area (Å²) < 4.78 is 5.13. The number of phenolic OH excluding ortho intramolecular Hbond substituents is 1. The van der Waals surface area contributed by atoms with Gasteiger partial charge in [-0.1, -0.05) is 23.7 Å². The maximum absolute atomic E-state index is 12.5. The molecule has 2 N–H and O–H groups in total. The maximum atomic E-state index is 12.5. The highest BCUT2D eigenvalue weighted by molar-refractivity contribution is 6.31. The van der Waals surface area contributed by atoms with E-state index in [1.165, 1.54) is 24.4 Å². The van der Waals surface area contributed by atoms with Crippen LogP contribution in [0.2, 0.25) is 5.02 Å². The zero-order chi connectivity index (χ0) is 18.7. The standard InChI is InChI=1S/C20H18ClNO4/c1-26-15-5-2-12(3-6-15)13-8-19(24)16(20(25)9-13)11-22-17-10-14(21)4-7-18(17)23/h2-7,10-11,13,23-24H,8-9H2,1H3. The average Bonchev–Trinajstić information content (AvgIpc) is 2.63. The van der Waals surface area contributed by atoms with Crippen molar-refractivity contribution in [2.45, 2.75) is 18.8 Å². The molecule has 1 aliphatic carbocycles. The van der Waals surface area contributed by atoms with Gasteiger partial charge in [-0.25, -0.2) is 0 Å². The lowest BCUT2D eigenvalue weighted by Gasteiger charge is -2.22. The van der Waals surface area contributed by atoms with E-state index in [0.717, 1.165) is 11.3 Å². The topological polar surface area (TPSA) is 79.1 Å². The summed E-state index contributed by atoms with van der Waals surface area (Å²) in [5.74, 6) is 0.396. The molecule has 1 atom stereocenters. The summed E-state index contributed by atoms with van der Waals surface area (Å²) in [6, 6.07) is 11.9. The van der Waals surface area contributed by atoms with Crippen LogP contribution in [0.5, 0.6) is 11.5 Å². The third-order valence-corrected chi connectivity index (χ3v) is 4.58. The van der Waals surface area contributed by atoms with Gasteiger partial charge in [-0.05, 0) is 41.8 Å². The Bertz CT molecular complexity index is 887. The van der Waals surface area contributed by atoms with Crippen molar-refractivity contribution >= 4 is 29.3 Å². The number of carbonyl (C=O) groups is 1. The zero-order valence-electron chi connectivity index (χ0n) is 14.1. The van der Waals surface area contributed by atoms with Gasteiger partial charge in [0.05, 0.1) is 12.7 Å². The monoisotopic (exact) mass is 371 g/mol. The Morgan fingerprint density at radius 2 is 1.88 bits per heavy atom. The van der Waals surface area contributed by atoms with Gasteiger partial charge in [0.2, 0.25) is 0 Å². The van der Waals surface area contributed by atoms with Crippen LogP contribution in [0.3, 0.4) is 0 Å². The van der Waals surface area contributed by atoms with E-state index in [0.29, 0.717) is 11.4 Å². The Hall–Kier alpha value is -2.79.